The van der Waals surface area contributed by atoms with Gasteiger partial charge in [-0.3, -0.25) is 4.79 Å². The first kappa shape index (κ1) is 20.1. The Balaban J connectivity index is 1.71. The van der Waals surface area contributed by atoms with E-state index in [-0.39, 0.29) is 5.91 Å². The molecular formula is C21H18Cl2N6O. The fourth-order valence-corrected chi connectivity index (χ4v) is 3.54. The van der Waals surface area contributed by atoms with Crippen molar-refractivity contribution >= 4 is 46.0 Å². The minimum absolute atomic E-state index is 0.0605. The van der Waals surface area contributed by atoms with Crippen molar-refractivity contribution < 1.29 is 4.79 Å². The molecule has 0 radical (unpaired) electrons. The van der Waals surface area contributed by atoms with E-state index in [4.69, 9.17) is 23.2 Å². The summed E-state index contributed by atoms with van der Waals surface area (Å²) in [4.78, 5) is 30.1. The zero-order valence-electron chi connectivity index (χ0n) is 16.3. The molecule has 2 aromatic carbocycles. The number of halogens is 2. The van der Waals surface area contributed by atoms with Crippen LogP contribution < -0.4 is 5.49 Å². The Morgan fingerprint density at radius 2 is 1.80 bits per heavy atom. The van der Waals surface area contributed by atoms with Gasteiger partial charge in [0.25, 0.3) is 5.91 Å². The number of imidazole rings is 1. The highest BCUT2D eigenvalue weighted by Crippen LogP contribution is 2.25. The van der Waals surface area contributed by atoms with E-state index in [9.17, 15) is 4.79 Å². The third-order valence-electron chi connectivity index (χ3n) is 4.58. The summed E-state index contributed by atoms with van der Waals surface area (Å²) in [6.07, 6.45) is 3.25. The van der Waals surface area contributed by atoms with Crippen molar-refractivity contribution in [2.45, 2.75) is 6.54 Å². The smallest absolute Gasteiger partial charge is 0.253 e. The molecule has 4 rings (SSSR count). The zero-order chi connectivity index (χ0) is 21.3. The van der Waals surface area contributed by atoms with E-state index in [0.29, 0.717) is 44.5 Å². The van der Waals surface area contributed by atoms with Crippen LogP contribution in [-0.2, 0) is 6.54 Å². The molecule has 152 valence electrons. The molecule has 0 fully saturated rings. The third kappa shape index (κ3) is 3.94. The monoisotopic (exact) mass is 440 g/mol. The standard InChI is InChI=1S/C21H18Cl2N6O/c1-28(2)21(30)13-6-8-14(9-7-13)27-19-18-20(25-11-24-18)29(12-26-19)10-15-16(22)4-3-5-17(15)23/h3-9,11-12H,10H2,1-2H3,(H,24,25). The normalized spacial score (nSPS) is 11.8. The van der Waals surface area contributed by atoms with Crippen LogP contribution in [0.1, 0.15) is 15.9 Å². The number of amides is 1. The number of aromatic nitrogens is 4. The van der Waals surface area contributed by atoms with Gasteiger partial charge in [0.1, 0.15) is 5.52 Å². The molecule has 2 aromatic heterocycles. The van der Waals surface area contributed by atoms with Crippen molar-refractivity contribution in [3.05, 3.63) is 81.8 Å². The lowest BCUT2D eigenvalue weighted by molar-refractivity contribution is 0.0827. The summed E-state index contributed by atoms with van der Waals surface area (Å²) < 4.78 is 1.86. The topological polar surface area (TPSA) is 79.2 Å². The van der Waals surface area contributed by atoms with Crippen LogP contribution >= 0.6 is 23.2 Å². The molecule has 0 unspecified atom stereocenters. The van der Waals surface area contributed by atoms with Crippen LogP contribution in [0.3, 0.4) is 0 Å². The Kier molecular flexibility index (Phi) is 5.57. The molecule has 0 atom stereocenters. The number of nitrogens with one attached hydrogen (secondary N) is 1. The van der Waals surface area contributed by atoms with Crippen LogP contribution in [0.15, 0.2) is 60.1 Å². The number of hydrogen-bond acceptors (Lipinski definition) is 4. The maximum Gasteiger partial charge on any atom is 0.253 e. The molecule has 1 amide bonds. The highest BCUT2D eigenvalue weighted by molar-refractivity contribution is 6.36. The van der Waals surface area contributed by atoms with E-state index in [1.807, 2.05) is 4.57 Å². The van der Waals surface area contributed by atoms with Crippen molar-refractivity contribution in [1.29, 1.82) is 0 Å². The minimum atomic E-state index is -0.0605. The first-order valence-electron chi connectivity index (χ1n) is 9.12. The Labute approximate surface area is 182 Å². The van der Waals surface area contributed by atoms with Crippen LogP contribution in [0.5, 0.6) is 0 Å². The van der Waals surface area contributed by atoms with E-state index in [0.717, 1.165) is 5.56 Å². The van der Waals surface area contributed by atoms with Crippen molar-refractivity contribution in [2.75, 3.05) is 14.1 Å². The van der Waals surface area contributed by atoms with Gasteiger partial charge in [-0.2, -0.15) is 0 Å². The quantitative estimate of drug-likeness (QED) is 0.519. The van der Waals surface area contributed by atoms with Gasteiger partial charge in [-0.1, -0.05) is 29.3 Å². The Morgan fingerprint density at radius 3 is 2.47 bits per heavy atom. The Morgan fingerprint density at radius 1 is 1.10 bits per heavy atom. The summed E-state index contributed by atoms with van der Waals surface area (Å²) in [5, 5.41) is 1.17. The maximum atomic E-state index is 12.0. The van der Waals surface area contributed by atoms with E-state index < -0.39 is 0 Å². The van der Waals surface area contributed by atoms with Gasteiger partial charge in [0.2, 0.25) is 0 Å². The molecule has 9 heteroatoms. The predicted molar refractivity (Wildman–Crippen MR) is 117 cm³/mol. The van der Waals surface area contributed by atoms with Crippen molar-refractivity contribution in [3.8, 4) is 0 Å². The summed E-state index contributed by atoms with van der Waals surface area (Å²) >= 11 is 12.6. The summed E-state index contributed by atoms with van der Waals surface area (Å²) in [6.45, 7) is 0.425. The maximum absolute atomic E-state index is 12.0. The van der Waals surface area contributed by atoms with E-state index in [1.54, 1.807) is 69.2 Å². The van der Waals surface area contributed by atoms with Crippen molar-refractivity contribution in [3.63, 3.8) is 0 Å². The fourth-order valence-electron chi connectivity index (χ4n) is 3.03. The lowest BCUT2D eigenvalue weighted by Crippen LogP contribution is -2.21. The number of carbonyl (C=O) groups excluding carboxylic acids is 1. The van der Waals surface area contributed by atoms with Gasteiger partial charge in [-0.25, -0.2) is 15.0 Å². The van der Waals surface area contributed by atoms with Gasteiger partial charge < -0.3 is 14.5 Å². The number of H-pyrrole nitrogens is 1. The third-order valence-corrected chi connectivity index (χ3v) is 5.29. The van der Waals surface area contributed by atoms with Gasteiger partial charge in [0.05, 0.1) is 24.9 Å². The van der Waals surface area contributed by atoms with Gasteiger partial charge in [0, 0.05) is 35.3 Å². The molecule has 2 heterocycles. The molecule has 0 spiro atoms. The molecule has 0 aliphatic carbocycles. The number of hydrogen-bond donors (Lipinski definition) is 1. The molecule has 0 bridgehead atoms. The number of rotatable bonds is 4. The lowest BCUT2D eigenvalue weighted by atomic mass is 10.2. The molecule has 0 saturated carbocycles. The lowest BCUT2D eigenvalue weighted by Gasteiger charge is -2.11. The summed E-state index contributed by atoms with van der Waals surface area (Å²) in [5.74, 6) is -0.0605. The van der Waals surface area contributed by atoms with Gasteiger partial charge in [0.15, 0.2) is 11.1 Å². The molecule has 4 aromatic rings. The van der Waals surface area contributed by atoms with Crippen LogP contribution in [0.2, 0.25) is 10.0 Å². The number of carbonyl (C=O) groups is 1. The first-order chi connectivity index (χ1) is 14.4. The molecular weight excluding hydrogens is 423 g/mol. The molecule has 0 aliphatic heterocycles. The van der Waals surface area contributed by atoms with Crippen LogP contribution in [0.4, 0.5) is 5.69 Å². The summed E-state index contributed by atoms with van der Waals surface area (Å²) in [7, 11) is 3.43. The van der Waals surface area contributed by atoms with Crippen molar-refractivity contribution in [2.24, 2.45) is 4.99 Å². The highest BCUT2D eigenvalue weighted by atomic mass is 35.5. The average molecular weight is 441 g/mol. The van der Waals surface area contributed by atoms with Crippen LogP contribution in [0.25, 0.3) is 11.2 Å². The molecule has 0 saturated heterocycles. The predicted octanol–water partition coefficient (Wildman–Crippen LogP) is 4.05. The number of aromatic amines is 1. The number of fused-ring (bicyclic) bond motifs is 1. The molecule has 1 N–H and O–H groups in total. The number of benzene rings is 2. The average Bonchev–Trinajstić information content (AvgIpc) is 3.23. The van der Waals surface area contributed by atoms with Gasteiger partial charge in [-0.05, 0) is 36.4 Å². The van der Waals surface area contributed by atoms with Crippen LogP contribution in [-0.4, -0.2) is 44.4 Å². The first-order valence-corrected chi connectivity index (χ1v) is 9.87. The summed E-state index contributed by atoms with van der Waals surface area (Å²) in [6, 6.07) is 12.5. The number of nitrogens with zero attached hydrogens (tertiary/aromatic N) is 5. The second kappa shape index (κ2) is 8.30. The largest absolute Gasteiger partial charge is 0.345 e. The van der Waals surface area contributed by atoms with Crippen LogP contribution in [0, 0.1) is 0 Å². The molecule has 7 nitrogen and oxygen atoms in total. The highest BCUT2D eigenvalue weighted by Gasteiger charge is 2.11. The van der Waals surface area contributed by atoms with Gasteiger partial charge >= 0.3 is 0 Å². The molecule has 30 heavy (non-hydrogen) atoms. The Hall–Kier alpha value is -3.16. The zero-order valence-corrected chi connectivity index (χ0v) is 17.8. The van der Waals surface area contributed by atoms with Crippen molar-refractivity contribution in [1.82, 2.24) is 24.4 Å². The van der Waals surface area contributed by atoms with E-state index in [2.05, 4.69) is 19.9 Å². The second-order valence-electron chi connectivity index (χ2n) is 6.86. The second-order valence-corrected chi connectivity index (χ2v) is 7.67. The molecule has 0 aliphatic rings. The minimum Gasteiger partial charge on any atom is -0.345 e. The van der Waals surface area contributed by atoms with Gasteiger partial charge in [-0.15, -0.1) is 0 Å². The van der Waals surface area contributed by atoms with E-state index in [1.165, 1.54) is 4.90 Å². The fraction of sp³-hybridized carbons (Fsp3) is 0.143. The summed E-state index contributed by atoms with van der Waals surface area (Å²) in [5.41, 5.74) is 3.94. The van der Waals surface area contributed by atoms with E-state index >= 15 is 0 Å². The Bertz CT molecular complexity index is 1270. The SMILES string of the molecule is CN(C)C(=O)c1ccc(N=c2ncn(Cc3c(Cl)cccc3Cl)c3nc[nH]c23)cc1.